The van der Waals surface area contributed by atoms with Crippen LogP contribution in [-0.4, -0.2) is 24.9 Å². The van der Waals surface area contributed by atoms with E-state index in [1.165, 1.54) is 0 Å². The van der Waals surface area contributed by atoms with Crippen molar-refractivity contribution in [3.63, 3.8) is 0 Å². The van der Waals surface area contributed by atoms with Crippen LogP contribution < -0.4 is 10.6 Å². The Morgan fingerprint density at radius 3 is 1.41 bits per heavy atom. The monoisotopic (exact) mass is 242 g/mol. The Morgan fingerprint density at radius 1 is 0.706 bits per heavy atom. The molecule has 0 unspecified atom stereocenters. The van der Waals surface area contributed by atoms with Crippen LogP contribution in [0, 0.1) is 0 Å². The standard InChI is InChI=1S/C13H26N2O2/c1-3-14-12(16)10-8-6-5-7-9-11-13(17)15-4-2/h3-11H2,1-2H3,(H,14,16)(H,15,17). The molecule has 0 saturated carbocycles. The molecule has 0 aliphatic carbocycles. The Kier molecular flexibility index (Phi) is 10.7. The third kappa shape index (κ3) is 11.2. The van der Waals surface area contributed by atoms with Gasteiger partial charge in [0.1, 0.15) is 0 Å². The number of carbonyl (C=O) groups excluding carboxylic acids is 2. The van der Waals surface area contributed by atoms with E-state index in [1.807, 2.05) is 13.8 Å². The maximum Gasteiger partial charge on any atom is 0.219 e. The maximum atomic E-state index is 11.1. The van der Waals surface area contributed by atoms with Crippen LogP contribution in [-0.2, 0) is 9.59 Å². The lowest BCUT2D eigenvalue weighted by Gasteiger charge is -2.03. The van der Waals surface area contributed by atoms with E-state index < -0.39 is 0 Å². The van der Waals surface area contributed by atoms with Crippen molar-refractivity contribution in [1.82, 2.24) is 10.6 Å². The first-order valence-electron chi connectivity index (χ1n) is 6.74. The normalized spacial score (nSPS) is 10.0. The zero-order valence-electron chi connectivity index (χ0n) is 11.2. The van der Waals surface area contributed by atoms with Crippen LogP contribution >= 0.6 is 0 Å². The summed E-state index contributed by atoms with van der Waals surface area (Å²) in [5, 5.41) is 5.57. The van der Waals surface area contributed by atoms with Gasteiger partial charge in [0, 0.05) is 25.9 Å². The Hall–Kier alpha value is -1.06. The second-order valence-corrected chi connectivity index (χ2v) is 4.17. The average Bonchev–Trinajstić information content (AvgIpc) is 2.28. The molecule has 0 aromatic carbocycles. The summed E-state index contributed by atoms with van der Waals surface area (Å²) >= 11 is 0. The molecule has 0 fully saturated rings. The van der Waals surface area contributed by atoms with Crippen molar-refractivity contribution in [2.45, 2.75) is 58.8 Å². The molecule has 0 heterocycles. The molecule has 4 nitrogen and oxygen atoms in total. The van der Waals surface area contributed by atoms with Gasteiger partial charge in [0.05, 0.1) is 0 Å². The molecule has 100 valence electrons. The minimum atomic E-state index is 0.148. The van der Waals surface area contributed by atoms with E-state index in [2.05, 4.69) is 10.6 Å². The first-order chi connectivity index (χ1) is 8.20. The molecule has 0 atom stereocenters. The summed E-state index contributed by atoms with van der Waals surface area (Å²) in [5.41, 5.74) is 0. The summed E-state index contributed by atoms with van der Waals surface area (Å²) in [5.74, 6) is 0.296. The summed E-state index contributed by atoms with van der Waals surface area (Å²) in [4.78, 5) is 22.3. The second-order valence-electron chi connectivity index (χ2n) is 4.17. The van der Waals surface area contributed by atoms with Crippen molar-refractivity contribution in [2.24, 2.45) is 0 Å². The predicted molar refractivity (Wildman–Crippen MR) is 69.7 cm³/mol. The molecule has 0 aromatic heterocycles. The SMILES string of the molecule is CCNC(=O)CCCCCCCC(=O)NCC. The lowest BCUT2D eigenvalue weighted by molar-refractivity contribution is -0.121. The van der Waals surface area contributed by atoms with Crippen LogP contribution in [0.3, 0.4) is 0 Å². The summed E-state index contributed by atoms with van der Waals surface area (Å²) < 4.78 is 0. The number of nitrogens with one attached hydrogen (secondary N) is 2. The highest BCUT2D eigenvalue weighted by atomic mass is 16.2. The number of unbranched alkanes of at least 4 members (excludes halogenated alkanes) is 4. The summed E-state index contributed by atoms with van der Waals surface area (Å²) in [6, 6.07) is 0. The van der Waals surface area contributed by atoms with Gasteiger partial charge in [0.2, 0.25) is 11.8 Å². The number of amides is 2. The Morgan fingerprint density at radius 2 is 1.06 bits per heavy atom. The van der Waals surface area contributed by atoms with Crippen molar-refractivity contribution in [3.05, 3.63) is 0 Å². The van der Waals surface area contributed by atoms with Gasteiger partial charge in [-0.05, 0) is 26.7 Å². The molecule has 17 heavy (non-hydrogen) atoms. The zero-order chi connectivity index (χ0) is 12.9. The summed E-state index contributed by atoms with van der Waals surface area (Å²) in [6.07, 6.45) is 6.42. The van der Waals surface area contributed by atoms with Gasteiger partial charge in [-0.15, -0.1) is 0 Å². The Balaban J connectivity index is 3.18. The lowest BCUT2D eigenvalue weighted by atomic mass is 10.1. The third-order valence-corrected chi connectivity index (χ3v) is 2.56. The number of hydrogen-bond acceptors (Lipinski definition) is 2. The minimum Gasteiger partial charge on any atom is -0.356 e. The number of hydrogen-bond donors (Lipinski definition) is 2. The molecule has 0 aliphatic rings. The molecule has 0 spiro atoms. The molecule has 4 heteroatoms. The molecule has 0 saturated heterocycles. The molecule has 0 aromatic rings. The van der Waals surface area contributed by atoms with Crippen LogP contribution in [0.2, 0.25) is 0 Å². The van der Waals surface area contributed by atoms with E-state index in [9.17, 15) is 9.59 Å². The molecule has 0 rings (SSSR count). The van der Waals surface area contributed by atoms with E-state index in [4.69, 9.17) is 0 Å². The van der Waals surface area contributed by atoms with Crippen LogP contribution in [0.25, 0.3) is 0 Å². The van der Waals surface area contributed by atoms with E-state index in [0.29, 0.717) is 25.9 Å². The molecule has 0 aliphatic heterocycles. The van der Waals surface area contributed by atoms with E-state index in [-0.39, 0.29) is 11.8 Å². The largest absolute Gasteiger partial charge is 0.356 e. The second kappa shape index (κ2) is 11.4. The zero-order valence-corrected chi connectivity index (χ0v) is 11.2. The van der Waals surface area contributed by atoms with Crippen molar-refractivity contribution in [1.29, 1.82) is 0 Å². The highest BCUT2D eigenvalue weighted by Crippen LogP contribution is 2.07. The van der Waals surface area contributed by atoms with Crippen molar-refractivity contribution in [3.8, 4) is 0 Å². The average molecular weight is 242 g/mol. The fourth-order valence-corrected chi connectivity index (χ4v) is 1.67. The fourth-order valence-electron chi connectivity index (χ4n) is 1.67. The topological polar surface area (TPSA) is 58.2 Å². The van der Waals surface area contributed by atoms with E-state index >= 15 is 0 Å². The quantitative estimate of drug-likeness (QED) is 0.576. The number of carbonyl (C=O) groups is 2. The number of rotatable bonds is 10. The lowest BCUT2D eigenvalue weighted by Crippen LogP contribution is -2.22. The minimum absolute atomic E-state index is 0.148. The predicted octanol–water partition coefficient (Wildman–Crippen LogP) is 1.99. The van der Waals surface area contributed by atoms with Crippen LogP contribution in [0.5, 0.6) is 0 Å². The molecule has 0 bridgehead atoms. The van der Waals surface area contributed by atoms with E-state index in [0.717, 1.165) is 32.1 Å². The highest BCUT2D eigenvalue weighted by Gasteiger charge is 2.00. The smallest absolute Gasteiger partial charge is 0.219 e. The molecule has 0 radical (unpaired) electrons. The maximum absolute atomic E-state index is 11.1. The van der Waals surface area contributed by atoms with Gasteiger partial charge in [-0.3, -0.25) is 9.59 Å². The first-order valence-corrected chi connectivity index (χ1v) is 6.74. The molecular weight excluding hydrogens is 216 g/mol. The van der Waals surface area contributed by atoms with Gasteiger partial charge in [0.15, 0.2) is 0 Å². The van der Waals surface area contributed by atoms with Gasteiger partial charge < -0.3 is 10.6 Å². The van der Waals surface area contributed by atoms with E-state index in [1.54, 1.807) is 0 Å². The molecule has 2 amide bonds. The Labute approximate surface area is 105 Å². The van der Waals surface area contributed by atoms with Crippen molar-refractivity contribution in [2.75, 3.05) is 13.1 Å². The summed E-state index contributed by atoms with van der Waals surface area (Å²) in [6.45, 7) is 5.29. The van der Waals surface area contributed by atoms with Gasteiger partial charge in [-0.1, -0.05) is 19.3 Å². The molecule has 2 N–H and O–H groups in total. The fraction of sp³-hybridized carbons (Fsp3) is 0.846. The third-order valence-electron chi connectivity index (χ3n) is 2.56. The highest BCUT2D eigenvalue weighted by molar-refractivity contribution is 5.76. The van der Waals surface area contributed by atoms with Crippen molar-refractivity contribution < 1.29 is 9.59 Å². The molecular formula is C13H26N2O2. The van der Waals surface area contributed by atoms with Gasteiger partial charge in [-0.2, -0.15) is 0 Å². The van der Waals surface area contributed by atoms with Crippen LogP contribution in [0.4, 0.5) is 0 Å². The van der Waals surface area contributed by atoms with Gasteiger partial charge in [0.25, 0.3) is 0 Å². The van der Waals surface area contributed by atoms with Crippen LogP contribution in [0.15, 0.2) is 0 Å². The first kappa shape index (κ1) is 15.9. The van der Waals surface area contributed by atoms with Crippen LogP contribution in [0.1, 0.15) is 58.8 Å². The van der Waals surface area contributed by atoms with Gasteiger partial charge in [-0.25, -0.2) is 0 Å². The Bertz CT molecular complexity index is 195. The summed E-state index contributed by atoms with van der Waals surface area (Å²) in [7, 11) is 0. The van der Waals surface area contributed by atoms with Gasteiger partial charge >= 0.3 is 0 Å². The van der Waals surface area contributed by atoms with Crippen molar-refractivity contribution >= 4 is 11.8 Å².